The molecule has 5 nitrogen and oxygen atoms in total. The normalized spacial score (nSPS) is 17.7. The van der Waals surface area contributed by atoms with Gasteiger partial charge in [0.15, 0.2) is 0 Å². The van der Waals surface area contributed by atoms with Crippen LogP contribution in [0.1, 0.15) is 22.8 Å². The van der Waals surface area contributed by atoms with Gasteiger partial charge in [0.1, 0.15) is 6.10 Å². The van der Waals surface area contributed by atoms with Crippen LogP contribution in [0.15, 0.2) is 18.2 Å². The van der Waals surface area contributed by atoms with Crippen molar-refractivity contribution in [2.75, 3.05) is 20.2 Å². The van der Waals surface area contributed by atoms with Gasteiger partial charge >= 0.3 is 6.09 Å². The third-order valence-corrected chi connectivity index (χ3v) is 3.10. The molecule has 2 rings (SSSR count). The molecular formula is C13H14N2O3. The molecule has 1 unspecified atom stereocenters. The first-order valence-corrected chi connectivity index (χ1v) is 5.71. The second kappa shape index (κ2) is 5.07. The summed E-state index contributed by atoms with van der Waals surface area (Å²) in [6.45, 7) is 0.793. The highest BCUT2D eigenvalue weighted by Gasteiger charge is 2.26. The fraction of sp³-hybridized carbons (Fsp3) is 0.385. The zero-order valence-electron chi connectivity index (χ0n) is 10.1. The predicted molar refractivity (Wildman–Crippen MR) is 64.2 cm³/mol. The highest BCUT2D eigenvalue weighted by molar-refractivity contribution is 5.64. The number of rotatable bonds is 2. The maximum Gasteiger partial charge on any atom is 0.407 e. The Kier molecular flexibility index (Phi) is 3.49. The van der Waals surface area contributed by atoms with Crippen LogP contribution >= 0.6 is 0 Å². The lowest BCUT2D eigenvalue weighted by Gasteiger charge is -2.29. The number of hydrogen-bond donors (Lipinski definition) is 1. The van der Waals surface area contributed by atoms with E-state index < -0.39 is 6.09 Å². The van der Waals surface area contributed by atoms with Crippen LogP contribution < -0.4 is 0 Å². The predicted octanol–water partition coefficient (Wildman–Crippen LogP) is 1.78. The van der Waals surface area contributed by atoms with Crippen molar-refractivity contribution < 1.29 is 14.6 Å². The van der Waals surface area contributed by atoms with Crippen molar-refractivity contribution in [1.82, 2.24) is 4.90 Å². The number of amides is 1. The van der Waals surface area contributed by atoms with E-state index in [1.165, 1.54) is 11.9 Å². The molecular weight excluding hydrogens is 232 g/mol. The van der Waals surface area contributed by atoms with Crippen LogP contribution in [0.4, 0.5) is 4.79 Å². The molecule has 0 aromatic heterocycles. The number of fused-ring (bicyclic) bond motifs is 1. The zero-order valence-corrected chi connectivity index (χ0v) is 10.1. The number of benzene rings is 1. The number of hydrogen-bond acceptors (Lipinski definition) is 3. The van der Waals surface area contributed by atoms with Crippen molar-refractivity contribution in [3.8, 4) is 6.07 Å². The smallest absolute Gasteiger partial charge is 0.407 e. The Bertz CT molecular complexity index is 507. The number of likely N-dealkylation sites (N-methyl/N-ethyl adjacent to an activating group) is 1. The number of carboxylic acid groups (broad SMARTS) is 1. The van der Waals surface area contributed by atoms with Gasteiger partial charge in [0.25, 0.3) is 0 Å². The van der Waals surface area contributed by atoms with Crippen LogP contribution in [0.2, 0.25) is 0 Å². The molecule has 1 N–H and O–H groups in total. The molecule has 0 saturated carbocycles. The summed E-state index contributed by atoms with van der Waals surface area (Å²) in [6, 6.07) is 7.69. The van der Waals surface area contributed by atoms with Crippen LogP contribution in [0, 0.1) is 11.3 Å². The Balaban J connectivity index is 2.32. The number of carbonyl (C=O) groups is 1. The van der Waals surface area contributed by atoms with Crippen molar-refractivity contribution in [3.63, 3.8) is 0 Å². The molecule has 94 valence electrons. The summed E-state index contributed by atoms with van der Waals surface area (Å²) in [5.41, 5.74) is 2.47. The van der Waals surface area contributed by atoms with Gasteiger partial charge in [0.2, 0.25) is 0 Å². The molecule has 0 bridgehead atoms. The van der Waals surface area contributed by atoms with Crippen molar-refractivity contribution in [2.45, 2.75) is 12.5 Å². The lowest BCUT2D eigenvalue weighted by atomic mass is 9.93. The average molecular weight is 246 g/mol. The van der Waals surface area contributed by atoms with Crippen molar-refractivity contribution in [1.29, 1.82) is 5.26 Å². The van der Waals surface area contributed by atoms with E-state index in [0.29, 0.717) is 12.2 Å². The Hall–Kier alpha value is -2.06. The summed E-state index contributed by atoms with van der Waals surface area (Å²) in [5, 5.41) is 18.0. The lowest BCUT2D eigenvalue weighted by molar-refractivity contribution is 0.0222. The second-order valence-electron chi connectivity index (χ2n) is 4.26. The van der Waals surface area contributed by atoms with Gasteiger partial charge < -0.3 is 14.7 Å². The van der Waals surface area contributed by atoms with Crippen molar-refractivity contribution in [2.24, 2.45) is 0 Å². The van der Waals surface area contributed by atoms with Gasteiger partial charge in [0, 0.05) is 12.6 Å². The fourth-order valence-corrected chi connectivity index (χ4v) is 2.17. The second-order valence-corrected chi connectivity index (χ2v) is 4.26. The quantitative estimate of drug-likeness (QED) is 0.863. The van der Waals surface area contributed by atoms with Gasteiger partial charge in [-0.15, -0.1) is 0 Å². The van der Waals surface area contributed by atoms with Crippen LogP contribution in [0.3, 0.4) is 0 Å². The van der Waals surface area contributed by atoms with Gasteiger partial charge in [-0.1, -0.05) is 12.1 Å². The Morgan fingerprint density at radius 2 is 2.44 bits per heavy atom. The first-order valence-electron chi connectivity index (χ1n) is 5.71. The van der Waals surface area contributed by atoms with E-state index in [1.807, 2.05) is 12.1 Å². The largest absolute Gasteiger partial charge is 0.465 e. The summed E-state index contributed by atoms with van der Waals surface area (Å²) in [4.78, 5) is 12.0. The van der Waals surface area contributed by atoms with Gasteiger partial charge in [-0.25, -0.2) is 4.79 Å². The standard InChI is InChI=1S/C13H14N2O3/c1-15(13(16)17)8-11-12-9(5-6-18-11)3-2-4-10(12)7-14/h2-4,11H,5-6,8H2,1H3,(H,16,17). The van der Waals surface area contributed by atoms with E-state index in [0.717, 1.165) is 17.5 Å². The summed E-state index contributed by atoms with van der Waals surface area (Å²) in [6.07, 6.45) is -0.594. The molecule has 5 heteroatoms. The van der Waals surface area contributed by atoms with Crippen molar-refractivity contribution >= 4 is 6.09 Å². The minimum Gasteiger partial charge on any atom is -0.465 e. The molecule has 0 radical (unpaired) electrons. The van der Waals surface area contributed by atoms with Crippen LogP contribution in [-0.2, 0) is 11.2 Å². The molecule has 1 heterocycles. The molecule has 1 amide bonds. The van der Waals surface area contributed by atoms with E-state index >= 15 is 0 Å². The summed E-state index contributed by atoms with van der Waals surface area (Å²) in [7, 11) is 1.50. The van der Waals surface area contributed by atoms with Crippen LogP contribution in [0.5, 0.6) is 0 Å². The monoisotopic (exact) mass is 246 g/mol. The molecule has 18 heavy (non-hydrogen) atoms. The molecule has 0 spiro atoms. The summed E-state index contributed by atoms with van der Waals surface area (Å²) in [5.74, 6) is 0. The average Bonchev–Trinajstić information content (AvgIpc) is 2.38. The third kappa shape index (κ3) is 2.29. The maximum atomic E-state index is 10.8. The topological polar surface area (TPSA) is 73.6 Å². The zero-order chi connectivity index (χ0) is 13.1. The molecule has 0 fully saturated rings. The summed E-state index contributed by atoms with van der Waals surface area (Å²) >= 11 is 0. The Morgan fingerprint density at radius 1 is 1.67 bits per heavy atom. The number of nitriles is 1. The summed E-state index contributed by atoms with van der Waals surface area (Å²) < 4.78 is 5.61. The van der Waals surface area contributed by atoms with Crippen LogP contribution in [0.25, 0.3) is 0 Å². The fourth-order valence-electron chi connectivity index (χ4n) is 2.17. The SMILES string of the molecule is CN(CC1OCCc2cccc(C#N)c21)C(=O)O. The van der Waals surface area contributed by atoms with Gasteiger partial charge in [-0.2, -0.15) is 5.26 Å². The minimum atomic E-state index is -1.000. The highest BCUT2D eigenvalue weighted by atomic mass is 16.5. The van der Waals surface area contributed by atoms with Gasteiger partial charge in [-0.3, -0.25) is 0 Å². The van der Waals surface area contributed by atoms with Crippen molar-refractivity contribution in [3.05, 3.63) is 34.9 Å². The molecule has 1 atom stereocenters. The van der Waals surface area contributed by atoms with Gasteiger partial charge in [-0.05, 0) is 18.1 Å². The van der Waals surface area contributed by atoms with E-state index in [-0.39, 0.29) is 12.6 Å². The Labute approximate surface area is 105 Å². The maximum absolute atomic E-state index is 10.8. The van der Waals surface area contributed by atoms with Gasteiger partial charge in [0.05, 0.1) is 24.8 Å². The minimum absolute atomic E-state index is 0.237. The molecule has 1 aliphatic heterocycles. The molecule has 1 aromatic carbocycles. The molecule has 0 saturated heterocycles. The first kappa shape index (κ1) is 12.4. The number of ether oxygens (including phenoxy) is 1. The van der Waals surface area contributed by atoms with Crippen LogP contribution in [-0.4, -0.2) is 36.3 Å². The Morgan fingerprint density at radius 3 is 3.11 bits per heavy atom. The molecule has 1 aliphatic rings. The molecule has 1 aromatic rings. The molecule has 0 aliphatic carbocycles. The first-order chi connectivity index (χ1) is 8.63. The van der Waals surface area contributed by atoms with E-state index in [9.17, 15) is 4.79 Å². The number of nitrogens with zero attached hydrogens (tertiary/aromatic N) is 2. The van der Waals surface area contributed by atoms with E-state index in [2.05, 4.69) is 6.07 Å². The van der Waals surface area contributed by atoms with E-state index in [4.69, 9.17) is 15.1 Å². The van der Waals surface area contributed by atoms with E-state index in [1.54, 1.807) is 6.07 Å². The third-order valence-electron chi connectivity index (χ3n) is 3.10. The lowest BCUT2D eigenvalue weighted by Crippen LogP contribution is -2.33. The highest BCUT2D eigenvalue weighted by Crippen LogP contribution is 2.30.